The molecular weight excluding hydrogens is 586 g/mol. The number of nitrogens with zero attached hydrogens (tertiary/aromatic N) is 2. The third-order valence-corrected chi connectivity index (χ3v) is 9.90. The van der Waals surface area contributed by atoms with E-state index in [-0.39, 0.29) is 31.2 Å². The molecule has 0 saturated carbocycles. The number of carbonyl (C=O) groups excluding carboxylic acids is 1. The van der Waals surface area contributed by atoms with Gasteiger partial charge in [-0.05, 0) is 35.2 Å². The van der Waals surface area contributed by atoms with E-state index in [9.17, 15) is 18.3 Å². The number of sulfone groups is 1. The van der Waals surface area contributed by atoms with Crippen LogP contribution in [0.2, 0.25) is 0 Å². The van der Waals surface area contributed by atoms with Crippen LogP contribution in [0.5, 0.6) is 0 Å². The fourth-order valence-electron chi connectivity index (χ4n) is 6.16. The minimum atomic E-state index is -3.98. The Labute approximate surface area is 264 Å². The van der Waals surface area contributed by atoms with Crippen LogP contribution in [0.15, 0.2) is 120 Å². The second-order valence-electron chi connectivity index (χ2n) is 11.5. The zero-order valence-electron chi connectivity index (χ0n) is 25.3. The van der Waals surface area contributed by atoms with Crippen LogP contribution >= 0.6 is 0 Å². The number of aliphatic hydroxyl groups excluding tert-OH is 1. The van der Waals surface area contributed by atoms with Crippen molar-refractivity contribution in [1.29, 1.82) is 0 Å². The van der Waals surface area contributed by atoms with Crippen molar-refractivity contribution in [2.75, 3.05) is 5.75 Å². The smallest absolute Gasteiger partial charge is 0.239 e. The Bertz CT molecular complexity index is 1720. The summed E-state index contributed by atoms with van der Waals surface area (Å²) in [7, 11) is -3.98. The van der Waals surface area contributed by atoms with Crippen molar-refractivity contribution in [3.63, 3.8) is 0 Å². The Morgan fingerprint density at radius 3 is 1.87 bits per heavy atom. The first kappa shape index (κ1) is 32.1. The van der Waals surface area contributed by atoms with Gasteiger partial charge in [-0.2, -0.15) is 0 Å². The first-order valence-corrected chi connectivity index (χ1v) is 16.9. The molecule has 1 amide bonds. The number of rotatable bonds is 15. The first-order valence-electron chi connectivity index (χ1n) is 15.1. The van der Waals surface area contributed by atoms with Crippen molar-refractivity contribution in [3.8, 4) is 0 Å². The highest BCUT2D eigenvalue weighted by Gasteiger charge is 2.55. The second kappa shape index (κ2) is 14.2. The zero-order valence-corrected chi connectivity index (χ0v) is 26.1. The maximum absolute atomic E-state index is 14.2. The molecule has 9 heteroatoms. The molecule has 0 fully saturated rings. The largest absolute Gasteiger partial charge is 0.438 e. The summed E-state index contributed by atoms with van der Waals surface area (Å²) in [4.78, 5) is 20.5. The number of nitrogens with two attached hydrogens (primary N) is 1. The molecule has 0 aliphatic rings. The van der Waals surface area contributed by atoms with Gasteiger partial charge >= 0.3 is 0 Å². The van der Waals surface area contributed by atoms with E-state index in [1.807, 2.05) is 84.6 Å². The number of carbonyl (C=O) groups is 1. The van der Waals surface area contributed by atoms with E-state index in [1.165, 1.54) is 0 Å². The molecule has 0 aliphatic heterocycles. The normalized spacial score (nSPS) is 14.6. The lowest BCUT2D eigenvalue weighted by atomic mass is 9.75. The number of amides is 1. The van der Waals surface area contributed by atoms with Crippen LogP contribution in [-0.2, 0) is 33.5 Å². The highest BCUT2D eigenvalue weighted by Crippen LogP contribution is 2.42. The van der Waals surface area contributed by atoms with E-state index in [2.05, 4.69) is 4.98 Å². The molecule has 2 unspecified atom stereocenters. The lowest BCUT2D eigenvalue weighted by molar-refractivity contribution is -0.139. The van der Waals surface area contributed by atoms with Gasteiger partial charge in [-0.15, -0.1) is 0 Å². The molecule has 1 heterocycles. The summed E-state index contributed by atoms with van der Waals surface area (Å²) in [5.41, 5.74) is 7.90. The quantitative estimate of drug-likeness (QED) is 0.150. The fourth-order valence-corrected chi connectivity index (χ4v) is 8.17. The first-order chi connectivity index (χ1) is 21.7. The van der Waals surface area contributed by atoms with Gasteiger partial charge in [0.05, 0.1) is 11.5 Å². The van der Waals surface area contributed by atoms with Crippen molar-refractivity contribution in [1.82, 2.24) is 9.88 Å². The average Bonchev–Trinajstić information content (AvgIpc) is 3.48. The van der Waals surface area contributed by atoms with Crippen molar-refractivity contribution >= 4 is 26.8 Å². The van der Waals surface area contributed by atoms with Gasteiger partial charge in [-0.25, -0.2) is 13.4 Å². The van der Waals surface area contributed by atoms with Crippen molar-refractivity contribution in [2.45, 2.75) is 50.3 Å². The maximum atomic E-state index is 14.2. The van der Waals surface area contributed by atoms with E-state index in [1.54, 1.807) is 42.5 Å². The van der Waals surface area contributed by atoms with E-state index in [0.717, 1.165) is 11.1 Å². The molecule has 5 rings (SSSR count). The Morgan fingerprint density at radius 2 is 1.36 bits per heavy atom. The van der Waals surface area contributed by atoms with Gasteiger partial charge in [0.1, 0.15) is 17.2 Å². The number of benzene rings is 4. The monoisotopic (exact) mass is 625 g/mol. The minimum absolute atomic E-state index is 0.0140. The van der Waals surface area contributed by atoms with Crippen molar-refractivity contribution < 1.29 is 22.7 Å². The molecule has 45 heavy (non-hydrogen) atoms. The van der Waals surface area contributed by atoms with Gasteiger partial charge in [-0.1, -0.05) is 116 Å². The Kier molecular flexibility index (Phi) is 10.1. The predicted octanol–water partition coefficient (Wildman–Crippen LogP) is 5.82. The summed E-state index contributed by atoms with van der Waals surface area (Å²) in [5.74, 6) is -2.69. The number of hydrogen-bond donors (Lipinski definition) is 2. The van der Waals surface area contributed by atoms with Crippen molar-refractivity contribution in [2.24, 2.45) is 11.7 Å². The third kappa shape index (κ3) is 7.50. The van der Waals surface area contributed by atoms with Crippen molar-refractivity contribution in [3.05, 3.63) is 138 Å². The molecule has 0 aliphatic carbocycles. The number of aromatic nitrogens is 1. The Morgan fingerprint density at radius 1 is 0.844 bits per heavy atom. The summed E-state index contributed by atoms with van der Waals surface area (Å²) in [6, 6.07) is 35.1. The van der Waals surface area contributed by atoms with Crippen LogP contribution in [0.3, 0.4) is 0 Å². The number of fused-ring (bicyclic) bond motifs is 1. The number of hydrogen-bond acceptors (Lipinski definition) is 7. The minimum Gasteiger partial charge on any atom is -0.438 e. The van der Waals surface area contributed by atoms with Crippen LogP contribution in [0.25, 0.3) is 11.1 Å². The fraction of sp³-hybridized carbons (Fsp3) is 0.278. The average molecular weight is 626 g/mol. The summed E-state index contributed by atoms with van der Waals surface area (Å²) in [6.45, 7) is 2.34. The lowest BCUT2D eigenvalue weighted by Crippen LogP contribution is -2.66. The number of oxazole rings is 1. The summed E-state index contributed by atoms with van der Waals surface area (Å²) in [5, 5.41) is 12.1. The highest BCUT2D eigenvalue weighted by atomic mass is 32.2. The molecule has 0 bridgehead atoms. The number of para-hydroxylation sites is 2. The Balaban J connectivity index is 1.70. The van der Waals surface area contributed by atoms with Crippen LogP contribution in [0, 0.1) is 5.92 Å². The van der Waals surface area contributed by atoms with Crippen LogP contribution in [0.1, 0.15) is 48.5 Å². The highest BCUT2D eigenvalue weighted by molar-refractivity contribution is 7.90. The van der Waals surface area contributed by atoms with Crippen LogP contribution in [0.4, 0.5) is 0 Å². The van der Waals surface area contributed by atoms with Gasteiger partial charge in [-0.3, -0.25) is 9.69 Å². The molecule has 1 aromatic heterocycles. The van der Waals surface area contributed by atoms with Gasteiger partial charge < -0.3 is 15.3 Å². The van der Waals surface area contributed by atoms with Crippen LogP contribution in [-0.4, -0.2) is 40.6 Å². The lowest BCUT2D eigenvalue weighted by Gasteiger charge is -2.47. The second-order valence-corrected chi connectivity index (χ2v) is 13.6. The summed E-state index contributed by atoms with van der Waals surface area (Å²) < 4.78 is 34.4. The standard InChI is InChI=1S/C36H39N3O5S/c1-2-14-30(33(40)34-38-31-21-12-13-22-32(31)44-34)36(35(37)41,26-45(42,43)25-29-19-10-5-11-20-29)39(23-27-15-6-3-7-16-27)24-28-17-8-4-9-18-28/h3-13,15-22,30,33,40H,2,14,23-26H2,1H3,(H2,37,41)/t30-,33?,36?/m1/s1. The topological polar surface area (TPSA) is 127 Å². The van der Waals surface area contributed by atoms with E-state index in [4.69, 9.17) is 10.2 Å². The molecule has 5 aromatic rings. The van der Waals surface area contributed by atoms with E-state index < -0.39 is 39.1 Å². The molecule has 3 N–H and O–H groups in total. The Hall–Kier alpha value is -4.31. The van der Waals surface area contributed by atoms with Gasteiger partial charge in [0.25, 0.3) is 0 Å². The van der Waals surface area contributed by atoms with Gasteiger partial charge in [0.15, 0.2) is 15.4 Å². The SMILES string of the molecule is CCC[C@H](C(O)c1nc2ccccc2o1)C(CS(=O)(=O)Cc1ccccc1)(C(N)=O)N(Cc1ccccc1)Cc1ccccc1. The zero-order chi connectivity index (χ0) is 31.9. The molecule has 3 atom stereocenters. The summed E-state index contributed by atoms with van der Waals surface area (Å²) in [6.07, 6.45) is -0.602. The molecule has 4 aromatic carbocycles. The van der Waals surface area contributed by atoms with E-state index >= 15 is 0 Å². The summed E-state index contributed by atoms with van der Waals surface area (Å²) >= 11 is 0. The third-order valence-electron chi connectivity index (χ3n) is 8.25. The molecule has 0 saturated heterocycles. The molecular formula is C36H39N3O5S. The van der Waals surface area contributed by atoms with Crippen LogP contribution < -0.4 is 5.73 Å². The number of primary amides is 1. The van der Waals surface area contributed by atoms with E-state index in [0.29, 0.717) is 23.1 Å². The molecule has 0 spiro atoms. The molecule has 8 nitrogen and oxygen atoms in total. The molecule has 234 valence electrons. The molecule has 0 radical (unpaired) electrons. The predicted molar refractivity (Wildman–Crippen MR) is 175 cm³/mol. The number of aliphatic hydroxyl groups is 1. The van der Waals surface area contributed by atoms with Gasteiger partial charge in [0.2, 0.25) is 11.8 Å². The van der Waals surface area contributed by atoms with Gasteiger partial charge in [0, 0.05) is 19.0 Å². The maximum Gasteiger partial charge on any atom is 0.239 e.